The van der Waals surface area contributed by atoms with Gasteiger partial charge in [0.05, 0.1) is 12.1 Å². The van der Waals surface area contributed by atoms with Crippen molar-refractivity contribution in [2.75, 3.05) is 0 Å². The third kappa shape index (κ3) is 2.31. The van der Waals surface area contributed by atoms with Crippen LogP contribution in [0.2, 0.25) is 0 Å². The van der Waals surface area contributed by atoms with Crippen molar-refractivity contribution in [1.82, 2.24) is 5.16 Å². The summed E-state index contributed by atoms with van der Waals surface area (Å²) >= 11 is 0. The number of carbonyl (C=O) groups is 1. The Bertz CT molecular complexity index is 314. The number of hydrogen-bond donors (Lipinski definition) is 1. The van der Waals surface area contributed by atoms with Crippen LogP contribution in [-0.2, 0) is 10.2 Å². The number of aryl methyl sites for hydroxylation is 1. The molecule has 0 aromatic carbocycles. The summed E-state index contributed by atoms with van der Waals surface area (Å²) in [5.41, 5.74) is 0.219. The Hall–Kier alpha value is -1.32. The number of nitrogens with zero attached hydrogens (tertiary/aromatic N) is 1. The Morgan fingerprint density at radius 2 is 2.31 bits per heavy atom. The highest BCUT2D eigenvalue weighted by atomic mass is 16.5. The molecule has 0 spiro atoms. The van der Waals surface area contributed by atoms with Crippen molar-refractivity contribution < 1.29 is 14.4 Å². The van der Waals surface area contributed by atoms with Crippen LogP contribution in [0.4, 0.5) is 0 Å². The van der Waals surface area contributed by atoms with Crippen molar-refractivity contribution in [1.29, 1.82) is 0 Å². The summed E-state index contributed by atoms with van der Waals surface area (Å²) in [6, 6.07) is 1.77. The smallest absolute Gasteiger partial charge is 0.304 e. The minimum atomic E-state index is -0.828. The van der Waals surface area contributed by atoms with Crippen LogP contribution in [0.3, 0.4) is 0 Å². The lowest BCUT2D eigenvalue weighted by Gasteiger charge is -2.18. The summed E-state index contributed by atoms with van der Waals surface area (Å²) in [6.45, 7) is 5.45. The molecule has 0 atom stereocenters. The van der Waals surface area contributed by atoms with E-state index in [1.54, 1.807) is 13.0 Å². The van der Waals surface area contributed by atoms with E-state index in [1.807, 2.05) is 13.8 Å². The monoisotopic (exact) mass is 183 g/mol. The van der Waals surface area contributed by atoms with Gasteiger partial charge in [0.15, 0.2) is 0 Å². The lowest BCUT2D eigenvalue weighted by Crippen LogP contribution is -2.21. The maximum absolute atomic E-state index is 10.5. The number of carboxylic acids is 1. The van der Waals surface area contributed by atoms with Crippen molar-refractivity contribution in [3.8, 4) is 0 Å². The van der Waals surface area contributed by atoms with Gasteiger partial charge in [-0.25, -0.2) is 0 Å². The molecule has 0 amide bonds. The molecule has 1 aromatic heterocycles. The molecule has 0 saturated heterocycles. The van der Waals surface area contributed by atoms with Crippen molar-refractivity contribution in [3.05, 3.63) is 17.5 Å². The standard InChI is InChI=1S/C9H13NO3/c1-6-4-7(10-13-6)9(2,3)5-8(11)12/h4H,5H2,1-3H3,(H,11,12). The first kappa shape index (κ1) is 9.77. The molecular weight excluding hydrogens is 170 g/mol. The van der Waals surface area contributed by atoms with Gasteiger partial charge in [-0.15, -0.1) is 0 Å². The van der Waals surface area contributed by atoms with E-state index < -0.39 is 11.4 Å². The fourth-order valence-corrected chi connectivity index (χ4v) is 1.15. The summed E-state index contributed by atoms with van der Waals surface area (Å²) < 4.78 is 4.89. The second-order valence-electron chi connectivity index (χ2n) is 3.78. The van der Waals surface area contributed by atoms with E-state index >= 15 is 0 Å². The molecule has 0 saturated carbocycles. The van der Waals surface area contributed by atoms with Crippen molar-refractivity contribution in [3.63, 3.8) is 0 Å². The molecule has 0 fully saturated rings. The fourth-order valence-electron chi connectivity index (χ4n) is 1.15. The van der Waals surface area contributed by atoms with Gasteiger partial charge in [-0.05, 0) is 6.92 Å². The van der Waals surface area contributed by atoms with E-state index in [4.69, 9.17) is 9.63 Å². The van der Waals surface area contributed by atoms with E-state index in [0.717, 1.165) is 0 Å². The minimum absolute atomic E-state index is 0.0545. The van der Waals surface area contributed by atoms with Gasteiger partial charge in [0, 0.05) is 11.5 Å². The maximum Gasteiger partial charge on any atom is 0.304 e. The van der Waals surface area contributed by atoms with E-state index in [9.17, 15) is 4.79 Å². The van der Waals surface area contributed by atoms with Crippen LogP contribution in [0.25, 0.3) is 0 Å². The van der Waals surface area contributed by atoms with Crippen LogP contribution in [0.5, 0.6) is 0 Å². The van der Waals surface area contributed by atoms with Crippen LogP contribution >= 0.6 is 0 Å². The molecule has 1 aromatic rings. The van der Waals surface area contributed by atoms with Gasteiger partial charge in [0.2, 0.25) is 0 Å². The van der Waals surface area contributed by atoms with Gasteiger partial charge in [-0.1, -0.05) is 19.0 Å². The van der Waals surface area contributed by atoms with Gasteiger partial charge in [0.1, 0.15) is 5.76 Å². The molecule has 4 nitrogen and oxygen atoms in total. The summed E-state index contributed by atoms with van der Waals surface area (Å²) in [4.78, 5) is 10.5. The molecule has 4 heteroatoms. The largest absolute Gasteiger partial charge is 0.481 e. The molecule has 0 radical (unpaired) electrons. The Labute approximate surface area is 76.5 Å². The first-order valence-electron chi connectivity index (χ1n) is 4.07. The lowest BCUT2D eigenvalue weighted by atomic mass is 9.86. The number of rotatable bonds is 3. The van der Waals surface area contributed by atoms with Crippen LogP contribution < -0.4 is 0 Å². The molecule has 0 aliphatic heterocycles. The predicted molar refractivity (Wildman–Crippen MR) is 46.5 cm³/mol. The van der Waals surface area contributed by atoms with Gasteiger partial charge < -0.3 is 9.63 Å². The van der Waals surface area contributed by atoms with Gasteiger partial charge >= 0.3 is 5.97 Å². The topological polar surface area (TPSA) is 63.3 Å². The third-order valence-electron chi connectivity index (χ3n) is 1.91. The summed E-state index contributed by atoms with van der Waals surface area (Å²) in [5, 5.41) is 12.5. The van der Waals surface area contributed by atoms with Crippen molar-refractivity contribution in [2.24, 2.45) is 0 Å². The average Bonchev–Trinajstić information content (AvgIpc) is 2.32. The number of carboxylic acid groups (broad SMARTS) is 1. The molecule has 0 aliphatic rings. The Morgan fingerprint density at radius 3 is 2.69 bits per heavy atom. The highest BCUT2D eigenvalue weighted by Gasteiger charge is 2.27. The molecular formula is C9H13NO3. The zero-order valence-electron chi connectivity index (χ0n) is 8.00. The van der Waals surface area contributed by atoms with E-state index in [0.29, 0.717) is 11.5 Å². The number of hydrogen-bond acceptors (Lipinski definition) is 3. The van der Waals surface area contributed by atoms with Gasteiger partial charge in [0.25, 0.3) is 0 Å². The van der Waals surface area contributed by atoms with Gasteiger partial charge in [-0.2, -0.15) is 0 Å². The fraction of sp³-hybridized carbons (Fsp3) is 0.556. The molecule has 0 bridgehead atoms. The molecule has 1 rings (SSSR count). The van der Waals surface area contributed by atoms with E-state index in [-0.39, 0.29) is 6.42 Å². The minimum Gasteiger partial charge on any atom is -0.481 e. The third-order valence-corrected chi connectivity index (χ3v) is 1.91. The van der Waals surface area contributed by atoms with Crippen LogP contribution in [0.15, 0.2) is 10.6 Å². The first-order valence-corrected chi connectivity index (χ1v) is 4.07. The quantitative estimate of drug-likeness (QED) is 0.775. The maximum atomic E-state index is 10.5. The highest BCUT2D eigenvalue weighted by Crippen LogP contribution is 2.26. The first-order chi connectivity index (χ1) is 5.92. The van der Waals surface area contributed by atoms with E-state index in [1.165, 1.54) is 0 Å². The average molecular weight is 183 g/mol. The predicted octanol–water partition coefficient (Wildman–Crippen LogP) is 1.74. The second-order valence-corrected chi connectivity index (χ2v) is 3.78. The molecule has 0 unspecified atom stereocenters. The number of aliphatic carboxylic acids is 1. The summed E-state index contributed by atoms with van der Waals surface area (Å²) in [5.74, 6) is -0.126. The Balaban J connectivity index is 2.86. The highest BCUT2D eigenvalue weighted by molar-refractivity contribution is 5.68. The molecule has 72 valence electrons. The molecule has 1 heterocycles. The van der Waals surface area contributed by atoms with Crippen LogP contribution in [0.1, 0.15) is 31.7 Å². The molecule has 1 N–H and O–H groups in total. The summed E-state index contributed by atoms with van der Waals surface area (Å²) in [6.07, 6.45) is 0.0545. The second kappa shape index (κ2) is 3.20. The Morgan fingerprint density at radius 1 is 1.69 bits per heavy atom. The Kier molecular flexibility index (Phi) is 2.40. The number of aromatic nitrogens is 1. The van der Waals surface area contributed by atoms with E-state index in [2.05, 4.69) is 5.16 Å². The van der Waals surface area contributed by atoms with Crippen LogP contribution in [0, 0.1) is 6.92 Å². The molecule has 0 aliphatic carbocycles. The SMILES string of the molecule is Cc1cc(C(C)(C)CC(=O)O)no1. The summed E-state index contributed by atoms with van der Waals surface area (Å²) in [7, 11) is 0. The zero-order valence-corrected chi connectivity index (χ0v) is 8.00. The lowest BCUT2D eigenvalue weighted by molar-refractivity contribution is -0.138. The van der Waals surface area contributed by atoms with Crippen molar-refractivity contribution >= 4 is 5.97 Å². The normalized spacial score (nSPS) is 11.6. The zero-order chi connectivity index (χ0) is 10.1. The van der Waals surface area contributed by atoms with Gasteiger partial charge in [-0.3, -0.25) is 4.79 Å². The molecule has 13 heavy (non-hydrogen) atoms. The van der Waals surface area contributed by atoms with Crippen LogP contribution in [-0.4, -0.2) is 16.2 Å². The van der Waals surface area contributed by atoms with Crippen molar-refractivity contribution in [2.45, 2.75) is 32.6 Å².